The Kier molecular flexibility index (Phi) is 5.15. The number of rotatable bonds is 5. The number of sulfonamides is 1. The largest absolute Gasteiger partial charge is 0.348 e. The Bertz CT molecular complexity index is 1180. The van der Waals surface area contributed by atoms with Gasteiger partial charge in [0.25, 0.3) is 0 Å². The lowest BCUT2D eigenvalue weighted by Gasteiger charge is -2.16. The first kappa shape index (κ1) is 19.3. The highest BCUT2D eigenvalue weighted by molar-refractivity contribution is 7.93. The van der Waals surface area contributed by atoms with Crippen LogP contribution < -0.4 is 9.62 Å². The zero-order valence-corrected chi connectivity index (χ0v) is 17.0. The fraction of sp³-hybridized carbons (Fsp3) is 0.227. The van der Waals surface area contributed by atoms with Crippen molar-refractivity contribution in [1.29, 1.82) is 0 Å². The second-order valence-corrected chi connectivity index (χ2v) is 9.04. The normalized spacial score (nSPS) is 16.0. The van der Waals surface area contributed by atoms with E-state index < -0.39 is 10.0 Å². The molecule has 4 rings (SSSR count). The predicted molar refractivity (Wildman–Crippen MR) is 117 cm³/mol. The summed E-state index contributed by atoms with van der Waals surface area (Å²) < 4.78 is 27.6. The van der Waals surface area contributed by atoms with Gasteiger partial charge in [-0.05, 0) is 61.4 Å². The van der Waals surface area contributed by atoms with Gasteiger partial charge in [0, 0.05) is 42.0 Å². The number of nitrogens with one attached hydrogen (secondary N) is 1. The second-order valence-electron chi connectivity index (χ2n) is 7.03. The molecule has 0 bridgehead atoms. The van der Waals surface area contributed by atoms with E-state index >= 15 is 0 Å². The molecule has 1 amide bonds. The molecule has 1 aliphatic heterocycles. The van der Waals surface area contributed by atoms with Crippen LogP contribution in [0.2, 0.25) is 0 Å². The van der Waals surface area contributed by atoms with Crippen molar-refractivity contribution in [3.63, 3.8) is 0 Å². The van der Waals surface area contributed by atoms with Crippen LogP contribution in [0, 0.1) is 0 Å². The SMILES string of the molecule is CCn1ccc2cc(NC(=O)/C=C/c3ccc(N4CCCS4(=O)=O)cc3)ccc21. The van der Waals surface area contributed by atoms with Gasteiger partial charge < -0.3 is 9.88 Å². The van der Waals surface area contributed by atoms with Crippen LogP contribution >= 0.6 is 0 Å². The summed E-state index contributed by atoms with van der Waals surface area (Å²) in [5.74, 6) is -0.0190. The summed E-state index contributed by atoms with van der Waals surface area (Å²) in [6, 6.07) is 15.1. The maximum Gasteiger partial charge on any atom is 0.248 e. The maximum absolute atomic E-state index is 12.3. The van der Waals surface area contributed by atoms with E-state index in [1.165, 1.54) is 10.4 Å². The number of nitrogens with zero attached hydrogens (tertiary/aromatic N) is 2. The minimum atomic E-state index is -3.18. The van der Waals surface area contributed by atoms with E-state index in [1.807, 2.05) is 42.6 Å². The summed E-state index contributed by atoms with van der Waals surface area (Å²) in [4.78, 5) is 12.3. The standard InChI is InChI=1S/C22H23N3O3S/c1-2-24-14-12-18-16-19(7-10-21(18)24)23-22(26)11-6-17-4-8-20(9-5-17)25-13-3-15-29(25,27)28/h4-12,14,16H,2-3,13,15H2,1H3,(H,23,26)/b11-6+. The highest BCUT2D eigenvalue weighted by Gasteiger charge is 2.28. The number of hydrogen-bond donors (Lipinski definition) is 1. The Balaban J connectivity index is 1.42. The minimum Gasteiger partial charge on any atom is -0.348 e. The number of anilines is 2. The maximum atomic E-state index is 12.3. The molecule has 0 aliphatic carbocycles. The quantitative estimate of drug-likeness (QED) is 0.651. The second kappa shape index (κ2) is 7.75. The van der Waals surface area contributed by atoms with E-state index in [-0.39, 0.29) is 11.7 Å². The van der Waals surface area contributed by atoms with E-state index in [0.29, 0.717) is 18.7 Å². The molecule has 1 aromatic heterocycles. The molecule has 0 unspecified atom stereocenters. The van der Waals surface area contributed by atoms with Crippen LogP contribution in [0.1, 0.15) is 18.9 Å². The minimum absolute atomic E-state index is 0.198. The van der Waals surface area contributed by atoms with Crippen molar-refractivity contribution in [2.24, 2.45) is 0 Å². The summed E-state index contributed by atoms with van der Waals surface area (Å²) in [7, 11) is -3.18. The van der Waals surface area contributed by atoms with Crippen LogP contribution in [0.3, 0.4) is 0 Å². The molecular weight excluding hydrogens is 386 g/mol. The smallest absolute Gasteiger partial charge is 0.248 e. The molecule has 6 nitrogen and oxygen atoms in total. The molecule has 1 saturated heterocycles. The van der Waals surface area contributed by atoms with Gasteiger partial charge in [0.15, 0.2) is 0 Å². The van der Waals surface area contributed by atoms with Gasteiger partial charge in [-0.2, -0.15) is 0 Å². The summed E-state index contributed by atoms with van der Waals surface area (Å²) >= 11 is 0. The molecule has 3 aromatic rings. The molecule has 0 radical (unpaired) electrons. The third-order valence-corrected chi connectivity index (χ3v) is 6.96. The summed E-state index contributed by atoms with van der Waals surface area (Å²) in [5, 5.41) is 3.96. The first-order chi connectivity index (χ1) is 14.0. The Morgan fingerprint density at radius 2 is 1.93 bits per heavy atom. The Morgan fingerprint density at radius 1 is 1.14 bits per heavy atom. The zero-order chi connectivity index (χ0) is 20.4. The molecule has 0 saturated carbocycles. The van der Waals surface area contributed by atoms with Gasteiger partial charge in [-0.3, -0.25) is 9.10 Å². The van der Waals surface area contributed by atoms with Crippen LogP contribution in [0.5, 0.6) is 0 Å². The molecule has 7 heteroatoms. The molecule has 150 valence electrons. The van der Waals surface area contributed by atoms with Crippen LogP contribution in [0.15, 0.2) is 60.8 Å². The van der Waals surface area contributed by atoms with Crippen LogP contribution in [0.25, 0.3) is 17.0 Å². The average molecular weight is 410 g/mol. The summed E-state index contributed by atoms with van der Waals surface area (Å²) in [6.45, 7) is 3.52. The van der Waals surface area contributed by atoms with Crippen LogP contribution in [0.4, 0.5) is 11.4 Å². The fourth-order valence-electron chi connectivity index (χ4n) is 3.59. The van der Waals surface area contributed by atoms with Gasteiger partial charge >= 0.3 is 0 Å². The first-order valence-electron chi connectivity index (χ1n) is 9.65. The number of benzene rings is 2. The number of carbonyl (C=O) groups is 1. The summed E-state index contributed by atoms with van der Waals surface area (Å²) in [5.41, 5.74) is 3.38. The highest BCUT2D eigenvalue weighted by atomic mass is 32.2. The topological polar surface area (TPSA) is 71.4 Å². The number of fused-ring (bicyclic) bond motifs is 1. The lowest BCUT2D eigenvalue weighted by Crippen LogP contribution is -2.24. The molecule has 1 fully saturated rings. The van der Waals surface area contributed by atoms with Gasteiger partial charge in [0.2, 0.25) is 15.9 Å². The van der Waals surface area contributed by atoms with Crippen molar-refractivity contribution in [1.82, 2.24) is 4.57 Å². The Hall–Kier alpha value is -3.06. The van der Waals surface area contributed by atoms with E-state index in [9.17, 15) is 13.2 Å². The Morgan fingerprint density at radius 3 is 2.62 bits per heavy atom. The molecule has 0 spiro atoms. The highest BCUT2D eigenvalue weighted by Crippen LogP contribution is 2.24. The van der Waals surface area contributed by atoms with Crippen molar-refractivity contribution in [3.8, 4) is 0 Å². The van der Waals surface area contributed by atoms with Crippen molar-refractivity contribution in [2.75, 3.05) is 21.9 Å². The van der Waals surface area contributed by atoms with E-state index in [4.69, 9.17) is 0 Å². The van der Waals surface area contributed by atoms with Crippen molar-refractivity contribution < 1.29 is 13.2 Å². The molecule has 2 heterocycles. The van der Waals surface area contributed by atoms with Gasteiger partial charge in [0.1, 0.15) is 0 Å². The Labute approximate surface area is 170 Å². The van der Waals surface area contributed by atoms with Gasteiger partial charge in [-0.1, -0.05) is 12.1 Å². The third-order valence-electron chi connectivity index (χ3n) is 5.09. The van der Waals surface area contributed by atoms with Crippen molar-refractivity contribution in [3.05, 3.63) is 66.4 Å². The van der Waals surface area contributed by atoms with Gasteiger partial charge in [0.05, 0.1) is 11.4 Å². The van der Waals surface area contributed by atoms with Crippen LogP contribution in [-0.4, -0.2) is 31.2 Å². The monoisotopic (exact) mass is 409 g/mol. The number of aryl methyl sites for hydroxylation is 1. The van der Waals surface area contributed by atoms with E-state index in [2.05, 4.69) is 16.8 Å². The number of hydrogen-bond acceptors (Lipinski definition) is 3. The number of carbonyl (C=O) groups excluding carboxylic acids is 1. The van der Waals surface area contributed by atoms with Gasteiger partial charge in [-0.15, -0.1) is 0 Å². The van der Waals surface area contributed by atoms with Crippen LogP contribution in [-0.2, 0) is 21.4 Å². The van der Waals surface area contributed by atoms with E-state index in [1.54, 1.807) is 18.2 Å². The lowest BCUT2D eigenvalue weighted by molar-refractivity contribution is -0.111. The van der Waals surface area contributed by atoms with Gasteiger partial charge in [-0.25, -0.2) is 8.42 Å². The third kappa shape index (κ3) is 4.05. The van der Waals surface area contributed by atoms with Crippen molar-refractivity contribution >= 4 is 44.3 Å². The average Bonchev–Trinajstić information content (AvgIpc) is 3.28. The fourth-order valence-corrected chi connectivity index (χ4v) is 5.16. The molecule has 1 N–H and O–H groups in total. The molecular formula is C22H23N3O3S. The molecule has 29 heavy (non-hydrogen) atoms. The summed E-state index contributed by atoms with van der Waals surface area (Å²) in [6.07, 6.45) is 5.87. The number of aromatic nitrogens is 1. The molecule has 1 aliphatic rings. The molecule has 0 atom stereocenters. The number of amides is 1. The first-order valence-corrected chi connectivity index (χ1v) is 11.3. The molecule has 2 aromatic carbocycles. The zero-order valence-electron chi connectivity index (χ0n) is 16.2. The lowest BCUT2D eigenvalue weighted by atomic mass is 10.2. The van der Waals surface area contributed by atoms with E-state index in [0.717, 1.165) is 28.7 Å². The van der Waals surface area contributed by atoms with Crippen molar-refractivity contribution in [2.45, 2.75) is 19.9 Å². The predicted octanol–water partition coefficient (Wildman–Crippen LogP) is 3.85.